The van der Waals surface area contributed by atoms with E-state index in [-0.39, 0.29) is 48.0 Å². The van der Waals surface area contributed by atoms with Gasteiger partial charge in [0.05, 0.1) is 10.6 Å². The molecule has 0 spiro atoms. The number of piperidine rings is 1. The Morgan fingerprint density at radius 1 is 1.11 bits per heavy atom. The molecular weight excluding hydrogens is 508 g/mol. The molecule has 0 aliphatic carbocycles. The standard InChI is InChI=1S/C29H37F2N3O3S/c1-5-24-17-29(30,31)13-14-33(24)19-25-16-23-15-22(9-12-27(23)34(25)20(3)4)28(35)32-18-21-7-10-26(11-8-21)38(36,37)6-2/h7-12,15-16,20,24H,5-6,13-14,17-19H2,1-4H3,(H,32,35). The zero-order valence-electron chi connectivity index (χ0n) is 22.5. The van der Waals surface area contributed by atoms with Crippen molar-refractivity contribution in [2.24, 2.45) is 0 Å². The molecule has 3 aromatic rings. The summed E-state index contributed by atoms with van der Waals surface area (Å²) in [4.78, 5) is 15.4. The number of nitrogens with one attached hydrogen (secondary N) is 1. The average Bonchev–Trinajstić information content (AvgIpc) is 3.25. The fourth-order valence-corrected chi connectivity index (χ4v) is 6.20. The first kappa shape index (κ1) is 28.2. The molecule has 206 valence electrons. The third-order valence-electron chi connectivity index (χ3n) is 7.46. The van der Waals surface area contributed by atoms with E-state index in [4.69, 9.17) is 0 Å². The van der Waals surface area contributed by atoms with Gasteiger partial charge in [-0.2, -0.15) is 0 Å². The Hall–Kier alpha value is -2.78. The fourth-order valence-electron chi connectivity index (χ4n) is 5.32. The number of hydrogen-bond acceptors (Lipinski definition) is 4. The Labute approximate surface area is 223 Å². The molecule has 1 aromatic heterocycles. The Morgan fingerprint density at radius 2 is 1.82 bits per heavy atom. The van der Waals surface area contributed by atoms with Crippen LogP contribution in [0.4, 0.5) is 8.78 Å². The van der Waals surface area contributed by atoms with Crippen LogP contribution >= 0.6 is 0 Å². The number of fused-ring (bicyclic) bond motifs is 1. The van der Waals surface area contributed by atoms with E-state index < -0.39 is 15.8 Å². The normalized spacial score (nSPS) is 18.2. The highest BCUT2D eigenvalue weighted by atomic mass is 32.2. The van der Waals surface area contributed by atoms with Crippen molar-refractivity contribution in [3.05, 3.63) is 65.4 Å². The molecule has 1 unspecified atom stereocenters. The molecule has 0 bridgehead atoms. The van der Waals surface area contributed by atoms with Gasteiger partial charge >= 0.3 is 0 Å². The van der Waals surface area contributed by atoms with Gasteiger partial charge in [-0.05, 0) is 62.2 Å². The number of amides is 1. The summed E-state index contributed by atoms with van der Waals surface area (Å²) < 4.78 is 54.2. The zero-order valence-corrected chi connectivity index (χ0v) is 23.3. The number of rotatable bonds is 9. The van der Waals surface area contributed by atoms with Gasteiger partial charge in [0, 0.05) is 66.7 Å². The van der Waals surface area contributed by atoms with Gasteiger partial charge in [-0.25, -0.2) is 17.2 Å². The van der Waals surface area contributed by atoms with Crippen LogP contribution < -0.4 is 5.32 Å². The minimum Gasteiger partial charge on any atom is -0.348 e. The van der Waals surface area contributed by atoms with E-state index in [1.165, 1.54) is 0 Å². The number of alkyl halides is 2. The Kier molecular flexibility index (Phi) is 8.28. The van der Waals surface area contributed by atoms with Crippen LogP contribution in [0.2, 0.25) is 0 Å². The van der Waals surface area contributed by atoms with Crippen LogP contribution in [-0.2, 0) is 22.9 Å². The smallest absolute Gasteiger partial charge is 0.251 e. The van der Waals surface area contributed by atoms with E-state index in [2.05, 4.69) is 34.7 Å². The molecule has 0 radical (unpaired) electrons. The molecule has 2 heterocycles. The van der Waals surface area contributed by atoms with Crippen molar-refractivity contribution in [1.29, 1.82) is 0 Å². The van der Waals surface area contributed by atoms with E-state index in [0.717, 1.165) is 22.2 Å². The summed E-state index contributed by atoms with van der Waals surface area (Å²) in [7, 11) is -3.26. The number of halogens is 2. The average molecular weight is 546 g/mol. The highest BCUT2D eigenvalue weighted by Gasteiger charge is 2.39. The quantitative estimate of drug-likeness (QED) is 0.360. The summed E-state index contributed by atoms with van der Waals surface area (Å²) >= 11 is 0. The van der Waals surface area contributed by atoms with E-state index >= 15 is 0 Å². The molecule has 9 heteroatoms. The topological polar surface area (TPSA) is 71.4 Å². The highest BCUT2D eigenvalue weighted by Crippen LogP contribution is 2.35. The van der Waals surface area contributed by atoms with Gasteiger partial charge in [-0.1, -0.05) is 26.0 Å². The Morgan fingerprint density at radius 3 is 2.45 bits per heavy atom. The summed E-state index contributed by atoms with van der Waals surface area (Å²) in [5.74, 6) is -2.78. The lowest BCUT2D eigenvalue weighted by Gasteiger charge is -2.39. The van der Waals surface area contributed by atoms with Crippen molar-refractivity contribution in [1.82, 2.24) is 14.8 Å². The highest BCUT2D eigenvalue weighted by molar-refractivity contribution is 7.91. The summed E-state index contributed by atoms with van der Waals surface area (Å²) in [5, 5.41) is 3.84. The van der Waals surface area contributed by atoms with E-state index in [1.807, 2.05) is 19.1 Å². The van der Waals surface area contributed by atoms with Crippen molar-refractivity contribution >= 4 is 26.6 Å². The fraction of sp³-hybridized carbons (Fsp3) is 0.483. The molecule has 1 amide bonds. The molecule has 1 atom stereocenters. The van der Waals surface area contributed by atoms with Crippen LogP contribution in [0, 0.1) is 0 Å². The largest absolute Gasteiger partial charge is 0.348 e. The SMILES string of the molecule is CCC1CC(F)(F)CCN1Cc1cc2cc(C(=O)NCc3ccc(S(=O)(=O)CC)cc3)ccc2n1C(C)C. The second kappa shape index (κ2) is 11.1. The third kappa shape index (κ3) is 6.10. The molecular formula is C29H37F2N3O3S. The van der Waals surface area contributed by atoms with E-state index in [9.17, 15) is 22.0 Å². The molecule has 1 aliphatic heterocycles. The van der Waals surface area contributed by atoms with Gasteiger partial charge in [0.2, 0.25) is 0 Å². The Balaban J connectivity index is 1.51. The zero-order chi connectivity index (χ0) is 27.7. The van der Waals surface area contributed by atoms with Gasteiger partial charge < -0.3 is 9.88 Å². The van der Waals surface area contributed by atoms with E-state index in [1.54, 1.807) is 37.3 Å². The molecule has 38 heavy (non-hydrogen) atoms. The van der Waals surface area contributed by atoms with Crippen LogP contribution in [0.1, 0.15) is 74.6 Å². The van der Waals surface area contributed by atoms with Crippen molar-refractivity contribution in [2.45, 2.75) is 82.9 Å². The van der Waals surface area contributed by atoms with Gasteiger partial charge in [-0.3, -0.25) is 9.69 Å². The van der Waals surface area contributed by atoms with Crippen molar-refractivity contribution in [3.63, 3.8) is 0 Å². The van der Waals surface area contributed by atoms with Crippen LogP contribution in [0.3, 0.4) is 0 Å². The predicted octanol–water partition coefficient (Wildman–Crippen LogP) is 5.96. The van der Waals surface area contributed by atoms with Crippen LogP contribution in [0.5, 0.6) is 0 Å². The summed E-state index contributed by atoms with van der Waals surface area (Å²) in [6, 6.07) is 14.2. The maximum Gasteiger partial charge on any atom is 0.251 e. The molecule has 2 aromatic carbocycles. The van der Waals surface area contributed by atoms with Crippen LogP contribution in [0.25, 0.3) is 10.9 Å². The summed E-state index contributed by atoms with van der Waals surface area (Å²) in [6.07, 6.45) is 0.457. The maximum atomic E-state index is 14.0. The first-order chi connectivity index (χ1) is 17.9. The lowest BCUT2D eigenvalue weighted by molar-refractivity contribution is -0.0813. The third-order valence-corrected chi connectivity index (χ3v) is 9.22. The van der Waals surface area contributed by atoms with E-state index in [0.29, 0.717) is 25.1 Å². The monoisotopic (exact) mass is 545 g/mol. The number of likely N-dealkylation sites (tertiary alicyclic amines) is 1. The molecule has 6 nitrogen and oxygen atoms in total. The molecule has 1 fully saturated rings. The lowest BCUT2D eigenvalue weighted by atomic mass is 9.96. The molecule has 1 N–H and O–H groups in total. The number of carbonyl (C=O) groups excluding carboxylic acids is 1. The van der Waals surface area contributed by atoms with Gasteiger partial charge in [0.25, 0.3) is 11.8 Å². The minimum absolute atomic E-state index is 0.0406. The molecule has 1 aliphatic rings. The number of benzene rings is 2. The second-order valence-corrected chi connectivity index (χ2v) is 12.7. The maximum absolute atomic E-state index is 14.0. The predicted molar refractivity (Wildman–Crippen MR) is 146 cm³/mol. The second-order valence-electron chi connectivity index (χ2n) is 10.4. The first-order valence-electron chi connectivity index (χ1n) is 13.3. The summed E-state index contributed by atoms with van der Waals surface area (Å²) in [5.41, 5.74) is 3.40. The summed E-state index contributed by atoms with van der Waals surface area (Å²) in [6.45, 7) is 9.00. The van der Waals surface area contributed by atoms with Crippen LogP contribution in [0.15, 0.2) is 53.4 Å². The molecule has 4 rings (SSSR count). The first-order valence-corrected chi connectivity index (χ1v) is 14.9. The minimum atomic E-state index is -3.26. The van der Waals surface area contributed by atoms with Gasteiger partial charge in [-0.15, -0.1) is 0 Å². The van der Waals surface area contributed by atoms with Gasteiger partial charge in [0.1, 0.15) is 0 Å². The number of hydrogen-bond donors (Lipinski definition) is 1. The number of carbonyl (C=O) groups is 1. The lowest BCUT2D eigenvalue weighted by Crippen LogP contribution is -2.46. The van der Waals surface area contributed by atoms with Crippen molar-refractivity contribution < 1.29 is 22.0 Å². The number of aromatic nitrogens is 1. The molecule has 0 saturated carbocycles. The Bertz CT molecular complexity index is 1400. The van der Waals surface area contributed by atoms with Gasteiger partial charge in [0.15, 0.2) is 9.84 Å². The molecule has 1 saturated heterocycles. The number of sulfone groups is 1. The van der Waals surface area contributed by atoms with Crippen LogP contribution in [-0.4, -0.2) is 48.1 Å². The van der Waals surface area contributed by atoms with Crippen molar-refractivity contribution in [3.8, 4) is 0 Å². The number of nitrogens with zero attached hydrogens (tertiary/aromatic N) is 2. The van der Waals surface area contributed by atoms with Crippen molar-refractivity contribution in [2.75, 3.05) is 12.3 Å².